The molecule has 5 heterocycles. The molecule has 0 bridgehead atoms. The molecule has 0 saturated carbocycles. The minimum atomic E-state index is 0.0276. The highest BCUT2D eigenvalue weighted by Crippen LogP contribution is 2.32. The van der Waals surface area contributed by atoms with E-state index in [2.05, 4.69) is 34.9 Å². The Labute approximate surface area is 144 Å². The zero-order chi connectivity index (χ0) is 16.8. The number of hydrogen-bond acceptors (Lipinski definition) is 8. The number of rotatable bonds is 3. The predicted octanol–water partition coefficient (Wildman–Crippen LogP) is 0.911. The molecule has 3 aromatic rings. The fourth-order valence-electron chi connectivity index (χ4n) is 3.66. The van der Waals surface area contributed by atoms with Gasteiger partial charge in [0.05, 0.1) is 18.6 Å². The van der Waals surface area contributed by atoms with E-state index in [0.29, 0.717) is 24.4 Å². The summed E-state index contributed by atoms with van der Waals surface area (Å²) in [6.07, 6.45) is 3.51. The normalized spacial score (nSPS) is 22.4. The van der Waals surface area contributed by atoms with Crippen LogP contribution in [0.2, 0.25) is 0 Å². The maximum Gasteiger partial charge on any atom is 0.246 e. The van der Waals surface area contributed by atoms with Gasteiger partial charge in [-0.1, -0.05) is 5.16 Å². The number of fused-ring (bicyclic) bond motifs is 1. The molecule has 25 heavy (non-hydrogen) atoms. The van der Waals surface area contributed by atoms with E-state index in [1.54, 1.807) is 6.33 Å². The van der Waals surface area contributed by atoms with Gasteiger partial charge >= 0.3 is 0 Å². The SMILES string of the molecule is Cc1noc(C2COCCN2C2CN(c3ncnc4[nH]ccc34)C2)n1. The molecule has 0 spiro atoms. The van der Waals surface area contributed by atoms with Crippen LogP contribution in [0.5, 0.6) is 0 Å². The Hall–Kier alpha value is -2.52. The Balaban J connectivity index is 1.34. The van der Waals surface area contributed by atoms with Gasteiger partial charge in [-0.25, -0.2) is 9.97 Å². The first-order valence-corrected chi connectivity index (χ1v) is 8.46. The van der Waals surface area contributed by atoms with Crippen LogP contribution in [0.1, 0.15) is 17.8 Å². The number of ether oxygens (including phenoxy) is 1. The van der Waals surface area contributed by atoms with Crippen molar-refractivity contribution in [2.75, 3.05) is 37.7 Å². The molecule has 1 unspecified atom stereocenters. The van der Waals surface area contributed by atoms with Gasteiger partial charge in [-0.2, -0.15) is 4.98 Å². The van der Waals surface area contributed by atoms with Gasteiger partial charge in [-0.15, -0.1) is 0 Å². The van der Waals surface area contributed by atoms with Gasteiger partial charge in [0.25, 0.3) is 0 Å². The monoisotopic (exact) mass is 341 g/mol. The van der Waals surface area contributed by atoms with Crippen LogP contribution in [0.4, 0.5) is 5.82 Å². The zero-order valence-electron chi connectivity index (χ0n) is 13.9. The summed E-state index contributed by atoms with van der Waals surface area (Å²) in [6.45, 7) is 5.86. The fraction of sp³-hybridized carbons (Fsp3) is 0.500. The quantitative estimate of drug-likeness (QED) is 0.751. The van der Waals surface area contributed by atoms with Gasteiger partial charge in [0.15, 0.2) is 5.82 Å². The second-order valence-corrected chi connectivity index (χ2v) is 6.50. The molecule has 9 nitrogen and oxygen atoms in total. The van der Waals surface area contributed by atoms with Gasteiger partial charge in [-0.05, 0) is 13.0 Å². The maximum atomic E-state index is 5.65. The topological polar surface area (TPSA) is 96.2 Å². The number of aryl methyl sites for hydroxylation is 1. The molecular formula is C16H19N7O2. The lowest BCUT2D eigenvalue weighted by atomic mass is 10.0. The van der Waals surface area contributed by atoms with E-state index in [4.69, 9.17) is 9.26 Å². The second-order valence-electron chi connectivity index (χ2n) is 6.50. The van der Waals surface area contributed by atoms with E-state index >= 15 is 0 Å². The van der Waals surface area contributed by atoms with Crippen LogP contribution >= 0.6 is 0 Å². The first kappa shape index (κ1) is 14.8. The highest BCUT2D eigenvalue weighted by Gasteiger charge is 2.40. The van der Waals surface area contributed by atoms with E-state index in [-0.39, 0.29) is 6.04 Å². The summed E-state index contributed by atoms with van der Waals surface area (Å²) in [7, 11) is 0. The third kappa shape index (κ3) is 2.47. The number of nitrogens with zero attached hydrogens (tertiary/aromatic N) is 6. The highest BCUT2D eigenvalue weighted by atomic mass is 16.5. The van der Waals surface area contributed by atoms with Crippen LogP contribution in [0, 0.1) is 6.92 Å². The minimum absolute atomic E-state index is 0.0276. The lowest BCUT2D eigenvalue weighted by Gasteiger charge is -2.49. The molecule has 3 aromatic heterocycles. The number of nitrogens with one attached hydrogen (secondary N) is 1. The van der Waals surface area contributed by atoms with Crippen molar-refractivity contribution in [2.24, 2.45) is 0 Å². The third-order valence-corrected chi connectivity index (χ3v) is 4.96. The number of morpholine rings is 1. The van der Waals surface area contributed by atoms with Crippen LogP contribution in [-0.4, -0.2) is 68.9 Å². The average molecular weight is 341 g/mol. The van der Waals surface area contributed by atoms with E-state index in [9.17, 15) is 0 Å². The lowest BCUT2D eigenvalue weighted by Crippen LogP contribution is -2.62. The molecule has 0 aliphatic carbocycles. The molecule has 9 heteroatoms. The van der Waals surface area contributed by atoms with Crippen molar-refractivity contribution in [1.82, 2.24) is 30.0 Å². The summed E-state index contributed by atoms with van der Waals surface area (Å²) < 4.78 is 11.0. The van der Waals surface area contributed by atoms with E-state index in [1.165, 1.54) is 0 Å². The number of aromatic amines is 1. The number of anilines is 1. The molecule has 0 radical (unpaired) electrons. The summed E-state index contributed by atoms with van der Waals surface area (Å²) in [4.78, 5) is 21.0. The van der Waals surface area contributed by atoms with Crippen molar-refractivity contribution in [3.63, 3.8) is 0 Å². The molecule has 2 aliphatic rings. The summed E-state index contributed by atoms with van der Waals surface area (Å²) in [5.74, 6) is 2.29. The molecule has 0 aromatic carbocycles. The van der Waals surface area contributed by atoms with Crippen molar-refractivity contribution in [1.29, 1.82) is 0 Å². The van der Waals surface area contributed by atoms with E-state index < -0.39 is 0 Å². The van der Waals surface area contributed by atoms with Gasteiger partial charge in [0.1, 0.15) is 23.8 Å². The van der Waals surface area contributed by atoms with Gasteiger partial charge in [-0.3, -0.25) is 4.90 Å². The summed E-state index contributed by atoms with van der Waals surface area (Å²) in [5, 5.41) is 4.98. The highest BCUT2D eigenvalue weighted by molar-refractivity contribution is 5.87. The molecular weight excluding hydrogens is 322 g/mol. The van der Waals surface area contributed by atoms with Crippen molar-refractivity contribution >= 4 is 16.9 Å². The van der Waals surface area contributed by atoms with Crippen molar-refractivity contribution < 1.29 is 9.26 Å². The van der Waals surface area contributed by atoms with Crippen molar-refractivity contribution in [3.8, 4) is 0 Å². The zero-order valence-corrected chi connectivity index (χ0v) is 13.9. The maximum absolute atomic E-state index is 5.65. The van der Waals surface area contributed by atoms with Crippen LogP contribution in [-0.2, 0) is 4.74 Å². The first-order valence-electron chi connectivity index (χ1n) is 8.46. The van der Waals surface area contributed by atoms with Gasteiger partial charge in [0, 0.05) is 31.9 Å². The third-order valence-electron chi connectivity index (χ3n) is 4.96. The van der Waals surface area contributed by atoms with Crippen LogP contribution < -0.4 is 4.90 Å². The summed E-state index contributed by atoms with van der Waals surface area (Å²) in [5.41, 5.74) is 0.874. The van der Waals surface area contributed by atoms with E-state index in [1.807, 2.05) is 19.2 Å². The number of H-pyrrole nitrogens is 1. The Morgan fingerprint density at radius 1 is 1.28 bits per heavy atom. The largest absolute Gasteiger partial charge is 0.378 e. The first-order chi connectivity index (χ1) is 12.3. The predicted molar refractivity (Wildman–Crippen MR) is 89.2 cm³/mol. The van der Waals surface area contributed by atoms with Crippen molar-refractivity contribution in [3.05, 3.63) is 30.3 Å². The molecule has 130 valence electrons. The van der Waals surface area contributed by atoms with E-state index in [0.717, 1.165) is 43.1 Å². The standard InChI is InChI=1S/C16H19N7O2/c1-10-20-16(25-21-10)13-8-24-5-4-23(13)11-6-22(7-11)15-12-2-3-17-14(12)18-9-19-15/h2-3,9,11,13H,4-8H2,1H3,(H,17,18,19). The number of hydrogen-bond donors (Lipinski definition) is 1. The van der Waals surface area contributed by atoms with Crippen LogP contribution in [0.3, 0.4) is 0 Å². The lowest BCUT2D eigenvalue weighted by molar-refractivity contribution is -0.0462. The summed E-state index contributed by atoms with van der Waals surface area (Å²) >= 11 is 0. The van der Waals surface area contributed by atoms with Crippen molar-refractivity contribution in [2.45, 2.75) is 19.0 Å². The molecule has 2 saturated heterocycles. The fourth-order valence-corrected chi connectivity index (χ4v) is 3.66. The molecule has 5 rings (SSSR count). The average Bonchev–Trinajstić information content (AvgIpc) is 3.23. The smallest absolute Gasteiger partial charge is 0.246 e. The molecule has 1 N–H and O–H groups in total. The van der Waals surface area contributed by atoms with Gasteiger partial charge in [0.2, 0.25) is 5.89 Å². The van der Waals surface area contributed by atoms with Crippen LogP contribution in [0.25, 0.3) is 11.0 Å². The Kier molecular flexibility index (Phi) is 3.42. The molecule has 2 fully saturated rings. The summed E-state index contributed by atoms with van der Waals surface area (Å²) in [6, 6.07) is 2.47. The molecule has 1 atom stereocenters. The number of aromatic nitrogens is 5. The Morgan fingerprint density at radius 2 is 2.20 bits per heavy atom. The second kappa shape index (κ2) is 5.78. The Morgan fingerprint density at radius 3 is 3.04 bits per heavy atom. The van der Waals surface area contributed by atoms with Crippen LogP contribution in [0.15, 0.2) is 23.1 Å². The Bertz CT molecular complexity index is 885. The minimum Gasteiger partial charge on any atom is -0.378 e. The molecule has 2 aliphatic heterocycles. The molecule has 0 amide bonds. The van der Waals surface area contributed by atoms with Gasteiger partial charge < -0.3 is 19.1 Å².